The quantitative estimate of drug-likeness (QED) is 0.244. The molecule has 0 saturated carbocycles. The molecule has 8 heteroatoms. The first-order valence-corrected chi connectivity index (χ1v) is 10.6. The van der Waals surface area contributed by atoms with E-state index >= 15 is 0 Å². The van der Waals surface area contributed by atoms with Crippen LogP contribution in [-0.2, 0) is 16.0 Å². The third-order valence-corrected chi connectivity index (χ3v) is 4.94. The van der Waals surface area contributed by atoms with Gasteiger partial charge in [0.2, 0.25) is 0 Å². The van der Waals surface area contributed by atoms with Gasteiger partial charge in [0.15, 0.2) is 5.96 Å². The molecule has 1 heterocycles. The molecule has 2 N–H and O–H groups in total. The molecule has 0 spiro atoms. The summed E-state index contributed by atoms with van der Waals surface area (Å²) in [7, 11) is 3.82. The topological polar surface area (TPSA) is 67.4 Å². The van der Waals surface area contributed by atoms with E-state index in [0.717, 1.165) is 69.7 Å². The Labute approximate surface area is 199 Å². The van der Waals surface area contributed by atoms with Gasteiger partial charge in [-0.25, -0.2) is 4.99 Å². The summed E-state index contributed by atoms with van der Waals surface area (Å²) < 4.78 is 16.7. The molecule has 1 atom stereocenters. The lowest BCUT2D eigenvalue weighted by atomic mass is 10.1. The van der Waals surface area contributed by atoms with Crippen molar-refractivity contribution in [3.8, 4) is 5.75 Å². The Morgan fingerprint density at radius 3 is 2.83 bits per heavy atom. The molecule has 0 aromatic heterocycles. The average Bonchev–Trinajstić information content (AvgIpc) is 3.23. The zero-order valence-electron chi connectivity index (χ0n) is 18.9. The molecule has 0 aliphatic carbocycles. The predicted molar refractivity (Wildman–Crippen MR) is 133 cm³/mol. The number of nitrogens with one attached hydrogen (secondary N) is 2. The summed E-state index contributed by atoms with van der Waals surface area (Å²) in [5.74, 6) is 2.24. The minimum Gasteiger partial charge on any atom is -0.493 e. The Morgan fingerprint density at radius 2 is 2.13 bits per heavy atom. The first kappa shape index (κ1) is 26.9. The highest BCUT2D eigenvalue weighted by atomic mass is 127. The van der Waals surface area contributed by atoms with Gasteiger partial charge >= 0.3 is 0 Å². The normalized spacial score (nSPS) is 16.4. The molecule has 0 bridgehead atoms. The number of guanidine groups is 1. The molecule has 172 valence electrons. The van der Waals surface area contributed by atoms with Gasteiger partial charge in [0, 0.05) is 51.4 Å². The summed E-state index contributed by atoms with van der Waals surface area (Å²) in [6.45, 7) is 11.3. The van der Waals surface area contributed by atoms with Crippen LogP contribution < -0.4 is 15.4 Å². The van der Waals surface area contributed by atoms with E-state index in [-0.39, 0.29) is 24.0 Å². The Hall–Kier alpha value is -1.10. The van der Waals surface area contributed by atoms with Crippen LogP contribution in [0.4, 0.5) is 0 Å². The van der Waals surface area contributed by atoms with Crippen LogP contribution in [0.5, 0.6) is 5.75 Å². The monoisotopic (exact) mass is 534 g/mol. The predicted octanol–water partition coefficient (Wildman–Crippen LogP) is 2.66. The van der Waals surface area contributed by atoms with Gasteiger partial charge in [-0.3, -0.25) is 0 Å². The van der Waals surface area contributed by atoms with Crippen LogP contribution in [0, 0.1) is 12.8 Å². The maximum absolute atomic E-state index is 6.14. The molecule has 30 heavy (non-hydrogen) atoms. The lowest BCUT2D eigenvalue weighted by Crippen LogP contribution is -2.41. The number of hydrogen-bond donors (Lipinski definition) is 2. The van der Waals surface area contributed by atoms with Crippen LogP contribution in [-0.4, -0.2) is 77.6 Å². The molecule has 1 aromatic rings. The number of aryl methyl sites for hydroxylation is 1. The summed E-state index contributed by atoms with van der Waals surface area (Å²) in [4.78, 5) is 6.99. The Kier molecular flexibility index (Phi) is 14.1. The Bertz CT molecular complexity index is 624. The van der Waals surface area contributed by atoms with Gasteiger partial charge < -0.3 is 29.7 Å². The summed E-state index contributed by atoms with van der Waals surface area (Å²) in [6.07, 6.45) is 1.08. The molecule has 1 aliphatic rings. The van der Waals surface area contributed by atoms with Gasteiger partial charge in [0.05, 0.1) is 26.4 Å². The molecule has 2 rings (SSSR count). The largest absolute Gasteiger partial charge is 0.493 e. The molecular weight excluding hydrogens is 495 g/mol. The zero-order chi connectivity index (χ0) is 20.9. The summed E-state index contributed by atoms with van der Waals surface area (Å²) in [5.41, 5.74) is 2.29. The van der Waals surface area contributed by atoms with E-state index in [1.54, 1.807) is 7.11 Å². The number of rotatable bonds is 12. The lowest BCUT2D eigenvalue weighted by molar-refractivity contribution is 0.162. The van der Waals surface area contributed by atoms with Crippen molar-refractivity contribution in [2.45, 2.75) is 26.8 Å². The van der Waals surface area contributed by atoms with Crippen molar-refractivity contribution < 1.29 is 14.2 Å². The van der Waals surface area contributed by atoms with Crippen LogP contribution in [0.2, 0.25) is 0 Å². The van der Waals surface area contributed by atoms with E-state index in [1.165, 1.54) is 5.56 Å². The number of hydrogen-bond acceptors (Lipinski definition) is 5. The summed E-state index contributed by atoms with van der Waals surface area (Å²) >= 11 is 0. The molecule has 1 aliphatic heterocycles. The van der Waals surface area contributed by atoms with E-state index in [0.29, 0.717) is 19.1 Å². The first-order valence-electron chi connectivity index (χ1n) is 10.6. The second-order valence-corrected chi connectivity index (χ2v) is 7.57. The minimum atomic E-state index is 0. The highest BCUT2D eigenvalue weighted by molar-refractivity contribution is 14.0. The zero-order valence-corrected chi connectivity index (χ0v) is 21.2. The van der Waals surface area contributed by atoms with Gasteiger partial charge in [-0.05, 0) is 38.9 Å². The number of ether oxygens (including phenoxy) is 3. The summed E-state index contributed by atoms with van der Waals surface area (Å²) in [5, 5.41) is 6.72. The molecule has 0 radical (unpaired) electrons. The van der Waals surface area contributed by atoms with E-state index < -0.39 is 0 Å². The van der Waals surface area contributed by atoms with Crippen LogP contribution in [0.1, 0.15) is 24.5 Å². The van der Waals surface area contributed by atoms with Crippen molar-refractivity contribution in [3.05, 3.63) is 29.3 Å². The third-order valence-electron chi connectivity index (χ3n) is 4.94. The van der Waals surface area contributed by atoms with Gasteiger partial charge in [-0.2, -0.15) is 0 Å². The maximum Gasteiger partial charge on any atom is 0.191 e. The van der Waals surface area contributed by atoms with Crippen molar-refractivity contribution in [2.24, 2.45) is 10.9 Å². The Morgan fingerprint density at radius 1 is 1.30 bits per heavy atom. The number of nitrogens with zero attached hydrogens (tertiary/aromatic N) is 2. The van der Waals surface area contributed by atoms with Crippen LogP contribution in [0.25, 0.3) is 0 Å². The highest BCUT2D eigenvalue weighted by Crippen LogP contribution is 2.23. The fourth-order valence-electron chi connectivity index (χ4n) is 3.08. The second kappa shape index (κ2) is 15.7. The van der Waals surface area contributed by atoms with Crippen molar-refractivity contribution in [1.82, 2.24) is 15.5 Å². The highest BCUT2D eigenvalue weighted by Gasteiger charge is 2.17. The van der Waals surface area contributed by atoms with Crippen LogP contribution in [0.15, 0.2) is 23.2 Å². The molecule has 1 saturated heterocycles. The van der Waals surface area contributed by atoms with E-state index in [2.05, 4.69) is 54.6 Å². The molecule has 1 aromatic carbocycles. The molecule has 7 nitrogen and oxygen atoms in total. The van der Waals surface area contributed by atoms with Gasteiger partial charge in [0.25, 0.3) is 0 Å². The van der Waals surface area contributed by atoms with Crippen molar-refractivity contribution in [3.63, 3.8) is 0 Å². The Balaban J connectivity index is 0.00000450. The van der Waals surface area contributed by atoms with E-state index in [4.69, 9.17) is 19.2 Å². The van der Waals surface area contributed by atoms with Crippen LogP contribution in [0.3, 0.4) is 0 Å². The summed E-state index contributed by atoms with van der Waals surface area (Å²) in [6, 6.07) is 6.33. The van der Waals surface area contributed by atoms with E-state index in [9.17, 15) is 0 Å². The SMILES string of the molecule is CCNC(=NCc1ccc(C)cc1OCC1CCOC1)NCCN(C)CCOC.I. The first-order chi connectivity index (χ1) is 14.1. The second-order valence-electron chi connectivity index (χ2n) is 7.57. The van der Waals surface area contributed by atoms with Gasteiger partial charge in [-0.1, -0.05) is 12.1 Å². The van der Waals surface area contributed by atoms with Gasteiger partial charge in [-0.15, -0.1) is 24.0 Å². The van der Waals surface area contributed by atoms with Crippen molar-refractivity contribution in [1.29, 1.82) is 0 Å². The maximum atomic E-state index is 6.14. The number of methoxy groups -OCH3 is 1. The van der Waals surface area contributed by atoms with Crippen LogP contribution >= 0.6 is 24.0 Å². The van der Waals surface area contributed by atoms with Crippen molar-refractivity contribution >= 4 is 29.9 Å². The standard InChI is InChI=1S/C22H38N4O3.HI/c1-5-23-22(24-9-10-26(3)11-13-27-4)25-15-20-7-6-18(2)14-21(20)29-17-19-8-12-28-16-19;/h6-7,14,19H,5,8-13,15-17H2,1-4H3,(H2,23,24,25);1H. The molecule has 1 unspecified atom stereocenters. The lowest BCUT2D eigenvalue weighted by Gasteiger charge is -2.18. The average molecular weight is 534 g/mol. The minimum absolute atomic E-state index is 0. The smallest absolute Gasteiger partial charge is 0.191 e. The fourth-order valence-corrected chi connectivity index (χ4v) is 3.08. The molecular formula is C22H39IN4O3. The third kappa shape index (κ3) is 10.3. The molecule has 0 amide bonds. The fraction of sp³-hybridized carbons (Fsp3) is 0.682. The molecule has 1 fully saturated rings. The van der Waals surface area contributed by atoms with Crippen molar-refractivity contribution in [2.75, 3.05) is 66.8 Å². The van der Waals surface area contributed by atoms with Gasteiger partial charge in [0.1, 0.15) is 5.75 Å². The number of likely N-dealkylation sites (N-methyl/N-ethyl adjacent to an activating group) is 1. The number of aliphatic imine (C=N–C) groups is 1. The number of halogens is 1. The number of benzene rings is 1. The van der Waals surface area contributed by atoms with E-state index in [1.807, 2.05) is 0 Å².